The lowest BCUT2D eigenvalue weighted by Crippen LogP contribution is -2.55. The third kappa shape index (κ3) is 31.3. The number of hydrogen-bond donors (Lipinski definition) is 0. The molecule has 0 rings (SSSR count). The third-order valence-corrected chi connectivity index (χ3v) is 8.57. The van der Waals surface area contributed by atoms with Crippen LogP contribution in [-0.2, 0) is 28.6 Å². The number of likely N-dealkylation sites (N-methyl/N-ethyl adjacent to an activating group) is 1. The van der Waals surface area contributed by atoms with E-state index in [1.54, 1.807) is 21.1 Å². The molecule has 0 radical (unpaired) electrons. The molecule has 0 aromatic heterocycles. The monoisotopic (exact) mass is 704 g/mol. The van der Waals surface area contributed by atoms with E-state index in [0.29, 0.717) is 12.8 Å². The van der Waals surface area contributed by atoms with E-state index in [9.17, 15) is 19.5 Å². The number of carboxylic acids is 1. The first-order chi connectivity index (χ1) is 24.1. The summed E-state index contributed by atoms with van der Waals surface area (Å²) >= 11 is 0. The summed E-state index contributed by atoms with van der Waals surface area (Å²) in [6, 6.07) is -0.732. The summed E-state index contributed by atoms with van der Waals surface area (Å²) in [7, 11) is 5.38. The van der Waals surface area contributed by atoms with Gasteiger partial charge in [0.1, 0.15) is 12.6 Å². The zero-order valence-corrected chi connectivity index (χ0v) is 32.5. The van der Waals surface area contributed by atoms with E-state index in [0.717, 1.165) is 44.9 Å². The predicted octanol–water partition coefficient (Wildman–Crippen LogP) is 8.74. The molecule has 0 aliphatic rings. The van der Waals surface area contributed by atoms with Gasteiger partial charge < -0.3 is 28.6 Å². The second-order valence-corrected chi connectivity index (χ2v) is 14.2. The fourth-order valence-corrected chi connectivity index (χ4v) is 5.49. The minimum atomic E-state index is -1.13. The summed E-state index contributed by atoms with van der Waals surface area (Å²) in [6.45, 7) is 4.46. The van der Waals surface area contributed by atoms with Gasteiger partial charge in [0.2, 0.25) is 0 Å². The minimum absolute atomic E-state index is 0.0249. The molecule has 8 heteroatoms. The average Bonchev–Trinajstić information content (AvgIpc) is 3.06. The van der Waals surface area contributed by atoms with Crippen LogP contribution in [0.25, 0.3) is 0 Å². The second-order valence-electron chi connectivity index (χ2n) is 14.2. The van der Waals surface area contributed by atoms with Crippen molar-refractivity contribution in [2.24, 2.45) is 0 Å². The van der Waals surface area contributed by atoms with Crippen molar-refractivity contribution in [1.29, 1.82) is 0 Å². The normalized spacial score (nSPS) is 13.5. The summed E-state index contributed by atoms with van der Waals surface area (Å²) in [5.41, 5.74) is 0. The Kier molecular flexibility index (Phi) is 31.6. The Morgan fingerprint density at radius 1 is 0.620 bits per heavy atom. The number of ether oxygens (including phenoxy) is 3. The lowest BCUT2D eigenvalue weighted by atomic mass is 10.0. The van der Waals surface area contributed by atoms with Crippen molar-refractivity contribution >= 4 is 17.9 Å². The molecule has 0 heterocycles. The quantitative estimate of drug-likeness (QED) is 0.0286. The molecule has 2 unspecified atom stereocenters. The average molecular weight is 704 g/mol. The minimum Gasteiger partial charge on any atom is -0.544 e. The number of unbranched alkanes of at least 4 members (excludes halogenated alkanes) is 15. The molecule has 8 nitrogen and oxygen atoms in total. The van der Waals surface area contributed by atoms with Crippen molar-refractivity contribution in [2.45, 2.75) is 161 Å². The van der Waals surface area contributed by atoms with Gasteiger partial charge in [-0.2, -0.15) is 0 Å². The summed E-state index contributed by atoms with van der Waals surface area (Å²) in [6.07, 6.45) is 37.1. The maximum absolute atomic E-state index is 12.6. The standard InChI is InChI=1S/C42H73NO7/c1-6-8-10-12-14-16-18-20-22-24-26-28-30-32-40(44)49-37-38(36-48-35-34-39(42(46)47)43(3,4)5)50-41(45)33-31-29-27-25-23-21-19-17-15-13-11-9-7-2/h9,11,13,15,17,19,21,23,38-39H,6-8,10,12,14,16,18,20,22,24-37H2,1-5H3/b11-9+,15-13+,19-17+,23-21+. The molecule has 0 aromatic rings. The molecule has 0 aliphatic carbocycles. The van der Waals surface area contributed by atoms with Crippen molar-refractivity contribution in [3.8, 4) is 0 Å². The number of rotatable bonds is 34. The zero-order chi connectivity index (χ0) is 37.1. The molecule has 0 fully saturated rings. The maximum Gasteiger partial charge on any atom is 0.306 e. The summed E-state index contributed by atoms with van der Waals surface area (Å²) in [4.78, 5) is 36.7. The van der Waals surface area contributed by atoms with E-state index in [2.05, 4.69) is 26.0 Å². The van der Waals surface area contributed by atoms with Crippen LogP contribution in [0, 0.1) is 0 Å². The van der Waals surface area contributed by atoms with Crippen molar-refractivity contribution in [1.82, 2.24) is 0 Å². The molecule has 0 bridgehead atoms. The van der Waals surface area contributed by atoms with E-state index in [-0.39, 0.29) is 49.1 Å². The van der Waals surface area contributed by atoms with Crippen LogP contribution in [0.5, 0.6) is 0 Å². The number of quaternary nitrogens is 1. The number of hydrogen-bond acceptors (Lipinski definition) is 7. The number of nitrogens with zero attached hydrogens (tertiary/aromatic N) is 1. The number of allylic oxidation sites excluding steroid dienone is 8. The second kappa shape index (κ2) is 33.4. The molecule has 288 valence electrons. The Morgan fingerprint density at radius 2 is 1.12 bits per heavy atom. The number of carbonyl (C=O) groups is 3. The molecular weight excluding hydrogens is 630 g/mol. The highest BCUT2D eigenvalue weighted by molar-refractivity contribution is 5.70. The molecule has 0 amide bonds. The van der Waals surface area contributed by atoms with E-state index < -0.39 is 18.1 Å². The van der Waals surface area contributed by atoms with E-state index in [1.807, 2.05) is 36.5 Å². The molecule has 0 aliphatic heterocycles. The predicted molar refractivity (Wildman–Crippen MR) is 203 cm³/mol. The summed E-state index contributed by atoms with van der Waals surface area (Å²) in [5, 5.41) is 11.6. The Balaban J connectivity index is 4.48. The van der Waals surface area contributed by atoms with Crippen LogP contribution in [0.15, 0.2) is 48.6 Å². The molecule has 0 saturated carbocycles. The number of carboxylic acid groups (broad SMARTS) is 1. The third-order valence-electron chi connectivity index (χ3n) is 8.57. The van der Waals surface area contributed by atoms with Gasteiger partial charge in [0.25, 0.3) is 0 Å². The first-order valence-corrected chi connectivity index (χ1v) is 19.7. The van der Waals surface area contributed by atoms with Crippen LogP contribution in [0.3, 0.4) is 0 Å². The van der Waals surface area contributed by atoms with Crippen molar-refractivity contribution in [3.05, 3.63) is 48.6 Å². The molecule has 50 heavy (non-hydrogen) atoms. The van der Waals surface area contributed by atoms with Gasteiger partial charge in [0, 0.05) is 19.3 Å². The lowest BCUT2D eigenvalue weighted by Gasteiger charge is -2.34. The Labute approximate surface area is 306 Å². The van der Waals surface area contributed by atoms with Crippen LogP contribution in [0.2, 0.25) is 0 Å². The van der Waals surface area contributed by atoms with Gasteiger partial charge >= 0.3 is 11.9 Å². The van der Waals surface area contributed by atoms with Gasteiger partial charge in [0.05, 0.1) is 40.3 Å². The van der Waals surface area contributed by atoms with Crippen LogP contribution in [0.4, 0.5) is 0 Å². The Morgan fingerprint density at radius 3 is 1.66 bits per heavy atom. The number of aliphatic carboxylic acids is 1. The highest BCUT2D eigenvalue weighted by atomic mass is 16.6. The van der Waals surface area contributed by atoms with Gasteiger partial charge in [-0.3, -0.25) is 9.59 Å². The first kappa shape index (κ1) is 47.3. The topological polar surface area (TPSA) is 102 Å². The Hall–Kier alpha value is -2.71. The highest BCUT2D eigenvalue weighted by Crippen LogP contribution is 2.14. The van der Waals surface area contributed by atoms with Crippen LogP contribution in [-0.4, -0.2) is 75.5 Å². The molecule has 0 N–H and O–H groups in total. The Bertz CT molecular complexity index is 964. The van der Waals surface area contributed by atoms with E-state index in [1.165, 1.54) is 64.2 Å². The van der Waals surface area contributed by atoms with E-state index >= 15 is 0 Å². The van der Waals surface area contributed by atoms with Gasteiger partial charge in [0.15, 0.2) is 6.10 Å². The zero-order valence-electron chi connectivity index (χ0n) is 32.5. The van der Waals surface area contributed by atoms with E-state index in [4.69, 9.17) is 14.2 Å². The van der Waals surface area contributed by atoms with Crippen molar-refractivity contribution < 1.29 is 38.2 Å². The summed E-state index contributed by atoms with van der Waals surface area (Å²) < 4.78 is 17.1. The van der Waals surface area contributed by atoms with Crippen molar-refractivity contribution in [2.75, 3.05) is 41.0 Å². The largest absolute Gasteiger partial charge is 0.544 e. The SMILES string of the molecule is CC/C=C/C=C/C=C/C=C/CCCCCC(=O)OC(COCCC(C(=O)[O-])[N+](C)(C)C)COC(=O)CCCCCCCCCCCCCCC. The first-order valence-electron chi connectivity index (χ1n) is 19.7. The fraction of sp³-hybridized carbons (Fsp3) is 0.738. The van der Waals surface area contributed by atoms with Gasteiger partial charge in [-0.15, -0.1) is 0 Å². The number of esters is 2. The molecule has 0 spiro atoms. The molecular formula is C42H73NO7. The van der Waals surface area contributed by atoms with Gasteiger partial charge in [-0.05, 0) is 32.1 Å². The number of carbonyl (C=O) groups excluding carboxylic acids is 3. The fourth-order valence-electron chi connectivity index (χ4n) is 5.49. The molecule has 0 saturated heterocycles. The van der Waals surface area contributed by atoms with Gasteiger partial charge in [-0.1, -0.05) is 146 Å². The van der Waals surface area contributed by atoms with Crippen LogP contribution in [0.1, 0.15) is 149 Å². The molecule has 0 aromatic carbocycles. The van der Waals surface area contributed by atoms with Crippen LogP contribution >= 0.6 is 0 Å². The van der Waals surface area contributed by atoms with Gasteiger partial charge in [-0.25, -0.2) is 0 Å². The smallest absolute Gasteiger partial charge is 0.306 e. The van der Waals surface area contributed by atoms with Crippen molar-refractivity contribution in [3.63, 3.8) is 0 Å². The maximum atomic E-state index is 12.6. The summed E-state index contributed by atoms with van der Waals surface area (Å²) in [5.74, 6) is -1.79. The molecule has 2 atom stereocenters. The van der Waals surface area contributed by atoms with Crippen LogP contribution < -0.4 is 5.11 Å². The highest BCUT2D eigenvalue weighted by Gasteiger charge is 2.25. The lowest BCUT2D eigenvalue weighted by molar-refractivity contribution is -0.889.